The number of hydrogen-bond donors (Lipinski definition) is 1. The van der Waals surface area contributed by atoms with Crippen LogP contribution in [0.4, 0.5) is 5.00 Å². The molecule has 0 saturated heterocycles. The van der Waals surface area contributed by atoms with Crippen LogP contribution >= 0.6 is 11.3 Å². The average molecular weight is 347 g/mol. The second-order valence-corrected chi connectivity index (χ2v) is 6.56. The van der Waals surface area contributed by atoms with Gasteiger partial charge in [-0.2, -0.15) is 0 Å². The fourth-order valence-corrected chi connectivity index (χ4v) is 3.26. The Bertz CT molecular complexity index is 731. The van der Waals surface area contributed by atoms with E-state index in [0.717, 1.165) is 16.7 Å². The third kappa shape index (κ3) is 4.83. The van der Waals surface area contributed by atoms with Crippen LogP contribution in [0.5, 0.6) is 5.75 Å². The molecule has 0 aliphatic rings. The highest BCUT2D eigenvalue weighted by Gasteiger charge is 2.16. The quantitative estimate of drug-likeness (QED) is 0.806. The summed E-state index contributed by atoms with van der Waals surface area (Å²) < 4.78 is 10.5. The van der Waals surface area contributed by atoms with Crippen molar-refractivity contribution in [1.82, 2.24) is 0 Å². The molecule has 1 heterocycles. The summed E-state index contributed by atoms with van der Waals surface area (Å²) in [7, 11) is 0. The number of thiophene rings is 1. The predicted octanol–water partition coefficient (Wildman–Crippen LogP) is 3.87. The predicted molar refractivity (Wildman–Crippen MR) is 95.1 cm³/mol. The van der Waals surface area contributed by atoms with Gasteiger partial charge in [-0.05, 0) is 62.6 Å². The molecule has 0 radical (unpaired) electrons. The first-order valence-electron chi connectivity index (χ1n) is 7.67. The van der Waals surface area contributed by atoms with Gasteiger partial charge in [0.2, 0.25) is 0 Å². The Morgan fingerprint density at radius 3 is 2.38 bits per heavy atom. The number of aryl methyl sites for hydroxylation is 3. The highest BCUT2D eigenvalue weighted by atomic mass is 32.1. The molecule has 1 amide bonds. The van der Waals surface area contributed by atoms with E-state index in [-0.39, 0.29) is 18.5 Å². The fraction of sp³-hybridized carbons (Fsp3) is 0.333. The van der Waals surface area contributed by atoms with E-state index in [0.29, 0.717) is 22.2 Å². The van der Waals surface area contributed by atoms with Gasteiger partial charge in [0.15, 0.2) is 6.61 Å². The first-order chi connectivity index (χ1) is 11.4. The molecular formula is C18H21NO4S. The van der Waals surface area contributed by atoms with Gasteiger partial charge >= 0.3 is 5.97 Å². The minimum absolute atomic E-state index is 0.0887. The van der Waals surface area contributed by atoms with Crippen LogP contribution in [0.3, 0.4) is 0 Å². The molecule has 128 valence electrons. The van der Waals surface area contributed by atoms with Crippen LogP contribution in [0.2, 0.25) is 0 Å². The van der Waals surface area contributed by atoms with E-state index in [9.17, 15) is 9.59 Å². The van der Waals surface area contributed by atoms with Gasteiger partial charge in [-0.25, -0.2) is 4.79 Å². The van der Waals surface area contributed by atoms with Gasteiger partial charge in [0.1, 0.15) is 10.6 Å². The molecule has 0 spiro atoms. The normalized spacial score (nSPS) is 10.3. The molecule has 5 nitrogen and oxygen atoms in total. The summed E-state index contributed by atoms with van der Waals surface area (Å²) in [6.45, 7) is 7.76. The van der Waals surface area contributed by atoms with Crippen LogP contribution in [0.25, 0.3) is 0 Å². The summed E-state index contributed by atoms with van der Waals surface area (Å²) in [4.78, 5) is 24.3. The van der Waals surface area contributed by atoms with Crippen LogP contribution in [-0.4, -0.2) is 25.1 Å². The largest absolute Gasteiger partial charge is 0.484 e. The highest BCUT2D eigenvalue weighted by molar-refractivity contribution is 7.18. The minimum Gasteiger partial charge on any atom is -0.484 e. The Labute approximate surface area is 145 Å². The zero-order valence-corrected chi connectivity index (χ0v) is 15.1. The number of hydrogen-bond acceptors (Lipinski definition) is 5. The highest BCUT2D eigenvalue weighted by Crippen LogP contribution is 2.27. The second kappa shape index (κ2) is 7.97. The van der Waals surface area contributed by atoms with Crippen LogP contribution in [0.1, 0.15) is 33.3 Å². The Morgan fingerprint density at radius 1 is 1.08 bits per heavy atom. The minimum atomic E-state index is -0.369. The molecule has 1 aromatic heterocycles. The molecule has 24 heavy (non-hydrogen) atoms. The third-order valence-electron chi connectivity index (χ3n) is 3.21. The van der Waals surface area contributed by atoms with Gasteiger partial charge in [-0.15, -0.1) is 11.3 Å². The van der Waals surface area contributed by atoms with E-state index in [2.05, 4.69) is 5.32 Å². The number of amides is 1. The van der Waals surface area contributed by atoms with Gasteiger partial charge in [0, 0.05) is 0 Å². The van der Waals surface area contributed by atoms with E-state index >= 15 is 0 Å². The molecular weight excluding hydrogens is 326 g/mol. The maximum atomic E-state index is 12.0. The van der Waals surface area contributed by atoms with Crippen LogP contribution in [0.15, 0.2) is 24.3 Å². The lowest BCUT2D eigenvalue weighted by Crippen LogP contribution is -2.19. The molecule has 0 bridgehead atoms. The summed E-state index contributed by atoms with van der Waals surface area (Å²) in [5.41, 5.74) is 2.95. The molecule has 0 atom stereocenters. The van der Waals surface area contributed by atoms with E-state index in [1.165, 1.54) is 11.3 Å². The number of rotatable bonds is 6. The standard InChI is InChI=1S/C18H21NO4S/c1-5-22-18(21)17-13(4)9-16(24-17)19-15(20)10-23-14-7-11(2)6-12(3)8-14/h6-9H,5,10H2,1-4H3,(H,19,20). The lowest BCUT2D eigenvalue weighted by Gasteiger charge is -2.08. The van der Waals surface area contributed by atoms with Crippen LogP contribution in [-0.2, 0) is 9.53 Å². The summed E-state index contributed by atoms with van der Waals surface area (Å²) in [5.74, 6) is 0.0232. The molecule has 0 aliphatic heterocycles. The molecule has 0 fully saturated rings. The zero-order valence-electron chi connectivity index (χ0n) is 14.3. The van der Waals surface area contributed by atoms with Gasteiger partial charge < -0.3 is 14.8 Å². The second-order valence-electron chi connectivity index (χ2n) is 5.50. The number of benzene rings is 1. The molecule has 0 aliphatic carbocycles. The van der Waals surface area contributed by atoms with Crippen molar-refractivity contribution >= 4 is 28.2 Å². The van der Waals surface area contributed by atoms with Crippen molar-refractivity contribution in [3.05, 3.63) is 45.8 Å². The molecule has 6 heteroatoms. The summed E-state index contributed by atoms with van der Waals surface area (Å²) in [5, 5.41) is 3.35. The number of ether oxygens (including phenoxy) is 2. The van der Waals surface area contributed by atoms with Gasteiger partial charge in [-0.3, -0.25) is 4.79 Å². The van der Waals surface area contributed by atoms with E-state index < -0.39 is 0 Å². The van der Waals surface area contributed by atoms with Crippen molar-refractivity contribution in [2.75, 3.05) is 18.5 Å². The lowest BCUT2D eigenvalue weighted by molar-refractivity contribution is -0.118. The average Bonchev–Trinajstić information content (AvgIpc) is 2.85. The third-order valence-corrected chi connectivity index (χ3v) is 4.34. The van der Waals surface area contributed by atoms with E-state index in [1.54, 1.807) is 13.0 Å². The van der Waals surface area contributed by atoms with Gasteiger partial charge in [0.25, 0.3) is 5.91 Å². The Hall–Kier alpha value is -2.34. The van der Waals surface area contributed by atoms with E-state index in [4.69, 9.17) is 9.47 Å². The Kier molecular flexibility index (Phi) is 5.98. The van der Waals surface area contributed by atoms with Crippen molar-refractivity contribution in [3.8, 4) is 5.75 Å². The van der Waals surface area contributed by atoms with Crippen molar-refractivity contribution in [2.24, 2.45) is 0 Å². The molecule has 0 saturated carbocycles. The smallest absolute Gasteiger partial charge is 0.348 e. The first kappa shape index (κ1) is 18.0. The summed E-state index contributed by atoms with van der Waals surface area (Å²) in [6, 6.07) is 7.56. The Balaban J connectivity index is 1.95. The van der Waals surface area contributed by atoms with Crippen molar-refractivity contribution in [1.29, 1.82) is 0 Å². The van der Waals surface area contributed by atoms with Crippen molar-refractivity contribution < 1.29 is 19.1 Å². The first-order valence-corrected chi connectivity index (χ1v) is 8.49. The topological polar surface area (TPSA) is 64.6 Å². The number of carbonyl (C=O) groups excluding carboxylic acids is 2. The van der Waals surface area contributed by atoms with Crippen LogP contribution < -0.4 is 10.1 Å². The maximum absolute atomic E-state index is 12.0. The number of esters is 1. The van der Waals surface area contributed by atoms with Gasteiger partial charge in [0.05, 0.1) is 11.6 Å². The van der Waals surface area contributed by atoms with Crippen LogP contribution in [0, 0.1) is 20.8 Å². The SMILES string of the molecule is CCOC(=O)c1sc(NC(=O)COc2cc(C)cc(C)c2)cc1C. The number of nitrogens with one attached hydrogen (secondary N) is 1. The molecule has 2 aromatic rings. The zero-order chi connectivity index (χ0) is 17.7. The van der Waals surface area contributed by atoms with Crippen molar-refractivity contribution in [2.45, 2.75) is 27.7 Å². The summed E-state index contributed by atoms with van der Waals surface area (Å²) in [6.07, 6.45) is 0. The molecule has 1 N–H and O–H groups in total. The lowest BCUT2D eigenvalue weighted by atomic mass is 10.1. The number of anilines is 1. The number of carbonyl (C=O) groups is 2. The fourth-order valence-electron chi connectivity index (χ4n) is 2.28. The monoisotopic (exact) mass is 347 g/mol. The molecule has 0 unspecified atom stereocenters. The molecule has 1 aromatic carbocycles. The Morgan fingerprint density at radius 2 is 1.75 bits per heavy atom. The van der Waals surface area contributed by atoms with E-state index in [1.807, 2.05) is 39.0 Å². The van der Waals surface area contributed by atoms with Gasteiger partial charge in [-0.1, -0.05) is 6.07 Å². The summed E-state index contributed by atoms with van der Waals surface area (Å²) >= 11 is 1.20. The maximum Gasteiger partial charge on any atom is 0.348 e. The molecule has 2 rings (SSSR count). The van der Waals surface area contributed by atoms with Crippen molar-refractivity contribution in [3.63, 3.8) is 0 Å².